The molecule has 0 aliphatic heterocycles. The molecule has 21 heavy (non-hydrogen) atoms. The van der Waals surface area contributed by atoms with E-state index in [2.05, 4.69) is 36.8 Å². The van der Waals surface area contributed by atoms with E-state index in [4.69, 9.17) is 16.6 Å². The fourth-order valence-electron chi connectivity index (χ4n) is 2.86. The SMILES string of the molecule is Cc1c(Cl)nc(C(C)(C)C)nc1C1CCc2cccnc21. The number of halogens is 1. The van der Waals surface area contributed by atoms with Crippen molar-refractivity contribution in [2.24, 2.45) is 0 Å². The largest absolute Gasteiger partial charge is 0.260 e. The molecule has 110 valence electrons. The first-order valence-electron chi connectivity index (χ1n) is 7.36. The van der Waals surface area contributed by atoms with Gasteiger partial charge in [0.1, 0.15) is 11.0 Å². The number of pyridine rings is 1. The maximum absolute atomic E-state index is 6.36. The van der Waals surface area contributed by atoms with Gasteiger partial charge in [-0.05, 0) is 31.4 Å². The summed E-state index contributed by atoms with van der Waals surface area (Å²) in [5, 5.41) is 0.564. The van der Waals surface area contributed by atoms with Crippen LogP contribution >= 0.6 is 11.6 Å². The molecule has 1 aliphatic carbocycles. The molecule has 0 N–H and O–H groups in total. The summed E-state index contributed by atoms with van der Waals surface area (Å²) in [4.78, 5) is 13.9. The van der Waals surface area contributed by atoms with E-state index in [0.29, 0.717) is 5.15 Å². The maximum atomic E-state index is 6.36. The third-order valence-corrected chi connectivity index (χ3v) is 4.45. The van der Waals surface area contributed by atoms with Crippen molar-refractivity contribution in [3.05, 3.63) is 51.8 Å². The molecule has 0 saturated heterocycles. The second-order valence-corrected chi connectivity index (χ2v) is 7.10. The summed E-state index contributed by atoms with van der Waals surface area (Å²) < 4.78 is 0. The van der Waals surface area contributed by atoms with Crippen LogP contribution in [0.15, 0.2) is 18.3 Å². The highest BCUT2D eigenvalue weighted by molar-refractivity contribution is 6.30. The number of fused-ring (bicyclic) bond motifs is 1. The van der Waals surface area contributed by atoms with E-state index in [0.717, 1.165) is 35.6 Å². The van der Waals surface area contributed by atoms with E-state index in [9.17, 15) is 0 Å². The lowest BCUT2D eigenvalue weighted by Crippen LogP contribution is -2.19. The second kappa shape index (κ2) is 5.06. The fourth-order valence-corrected chi connectivity index (χ4v) is 3.04. The predicted octanol–water partition coefficient (Wildman–Crippen LogP) is 4.21. The third-order valence-electron chi connectivity index (χ3n) is 4.08. The summed E-state index contributed by atoms with van der Waals surface area (Å²) in [5.41, 5.74) is 4.38. The highest BCUT2D eigenvalue weighted by atomic mass is 35.5. The Bertz CT molecular complexity index is 689. The van der Waals surface area contributed by atoms with Gasteiger partial charge >= 0.3 is 0 Å². The average Bonchev–Trinajstić information content (AvgIpc) is 2.84. The van der Waals surface area contributed by atoms with Gasteiger partial charge in [0, 0.05) is 23.1 Å². The summed E-state index contributed by atoms with van der Waals surface area (Å²) in [6.07, 6.45) is 3.96. The molecule has 0 spiro atoms. The van der Waals surface area contributed by atoms with Crippen molar-refractivity contribution in [3.8, 4) is 0 Å². The lowest BCUT2D eigenvalue weighted by molar-refractivity contribution is 0.536. The quantitative estimate of drug-likeness (QED) is 0.741. The summed E-state index contributed by atoms with van der Waals surface area (Å²) in [6, 6.07) is 4.16. The molecule has 2 aromatic heterocycles. The molecule has 2 heterocycles. The molecule has 2 aromatic rings. The second-order valence-electron chi connectivity index (χ2n) is 6.74. The van der Waals surface area contributed by atoms with Gasteiger partial charge in [-0.1, -0.05) is 38.4 Å². The molecule has 1 atom stereocenters. The lowest BCUT2D eigenvalue weighted by atomic mass is 9.93. The van der Waals surface area contributed by atoms with Crippen LogP contribution in [-0.2, 0) is 11.8 Å². The molecule has 1 aliphatic rings. The topological polar surface area (TPSA) is 38.7 Å². The van der Waals surface area contributed by atoms with Gasteiger partial charge in [-0.25, -0.2) is 9.97 Å². The Balaban J connectivity index is 2.13. The first-order chi connectivity index (χ1) is 9.88. The number of aromatic nitrogens is 3. The summed E-state index contributed by atoms with van der Waals surface area (Å²) in [5.74, 6) is 1.04. The molecular weight excluding hydrogens is 282 g/mol. The van der Waals surface area contributed by atoms with Crippen molar-refractivity contribution in [3.63, 3.8) is 0 Å². The van der Waals surface area contributed by atoms with E-state index in [1.54, 1.807) is 0 Å². The van der Waals surface area contributed by atoms with Crippen LogP contribution in [0, 0.1) is 6.92 Å². The Labute approximate surface area is 130 Å². The van der Waals surface area contributed by atoms with Crippen LogP contribution in [0.3, 0.4) is 0 Å². The third kappa shape index (κ3) is 2.55. The fraction of sp³-hybridized carbons (Fsp3) is 0.471. The van der Waals surface area contributed by atoms with Gasteiger partial charge in [-0.3, -0.25) is 4.98 Å². The van der Waals surface area contributed by atoms with Gasteiger partial charge in [0.25, 0.3) is 0 Å². The van der Waals surface area contributed by atoms with Crippen molar-refractivity contribution in [2.45, 2.75) is 51.9 Å². The summed E-state index contributed by atoms with van der Waals surface area (Å²) in [7, 11) is 0. The minimum Gasteiger partial charge on any atom is -0.260 e. The van der Waals surface area contributed by atoms with E-state index < -0.39 is 0 Å². The zero-order valence-electron chi connectivity index (χ0n) is 12.9. The lowest BCUT2D eigenvalue weighted by Gasteiger charge is -2.21. The average molecular weight is 302 g/mol. The van der Waals surface area contributed by atoms with Crippen molar-refractivity contribution < 1.29 is 0 Å². The number of rotatable bonds is 1. The first kappa shape index (κ1) is 14.5. The zero-order valence-corrected chi connectivity index (χ0v) is 13.7. The number of hydrogen-bond acceptors (Lipinski definition) is 3. The van der Waals surface area contributed by atoms with Gasteiger partial charge in [-0.2, -0.15) is 0 Å². The standard InChI is InChI=1S/C17H20ClN3/c1-10-13(20-16(17(2,3)4)21-15(10)18)12-8-7-11-6-5-9-19-14(11)12/h5-6,9,12H,7-8H2,1-4H3. The van der Waals surface area contributed by atoms with Gasteiger partial charge in [0.15, 0.2) is 0 Å². The van der Waals surface area contributed by atoms with Crippen LogP contribution in [0.5, 0.6) is 0 Å². The molecule has 0 saturated carbocycles. The summed E-state index contributed by atoms with van der Waals surface area (Å²) >= 11 is 6.36. The van der Waals surface area contributed by atoms with E-state index >= 15 is 0 Å². The Morgan fingerprint density at radius 2 is 1.95 bits per heavy atom. The molecule has 4 heteroatoms. The molecule has 0 bridgehead atoms. The van der Waals surface area contributed by atoms with Crippen LogP contribution in [0.1, 0.15) is 61.4 Å². The Hall–Kier alpha value is -1.48. The molecular formula is C17H20ClN3. The summed E-state index contributed by atoms with van der Waals surface area (Å²) in [6.45, 7) is 8.33. The Morgan fingerprint density at radius 3 is 2.67 bits per heavy atom. The minimum atomic E-state index is -0.113. The van der Waals surface area contributed by atoms with Crippen LogP contribution in [0.2, 0.25) is 5.15 Å². The van der Waals surface area contributed by atoms with E-state index in [1.165, 1.54) is 5.56 Å². The van der Waals surface area contributed by atoms with Gasteiger partial charge in [-0.15, -0.1) is 0 Å². The zero-order chi connectivity index (χ0) is 15.2. The van der Waals surface area contributed by atoms with Crippen molar-refractivity contribution in [1.29, 1.82) is 0 Å². The van der Waals surface area contributed by atoms with Gasteiger partial charge in [0.2, 0.25) is 0 Å². The van der Waals surface area contributed by atoms with E-state index in [1.807, 2.05) is 19.2 Å². The van der Waals surface area contributed by atoms with Crippen LogP contribution in [0.25, 0.3) is 0 Å². The first-order valence-corrected chi connectivity index (χ1v) is 7.74. The van der Waals surface area contributed by atoms with Crippen LogP contribution < -0.4 is 0 Å². The highest BCUT2D eigenvalue weighted by Gasteiger charge is 2.30. The number of nitrogens with zero attached hydrogens (tertiary/aromatic N) is 3. The molecule has 0 radical (unpaired) electrons. The molecule has 3 rings (SSSR count). The number of hydrogen-bond donors (Lipinski definition) is 0. The normalized spacial score (nSPS) is 17.9. The Kier molecular flexibility index (Phi) is 3.48. The predicted molar refractivity (Wildman–Crippen MR) is 84.9 cm³/mol. The van der Waals surface area contributed by atoms with Crippen molar-refractivity contribution in [2.75, 3.05) is 0 Å². The van der Waals surface area contributed by atoms with Gasteiger partial charge in [0.05, 0.1) is 11.4 Å². The number of aryl methyl sites for hydroxylation is 1. The molecule has 0 amide bonds. The minimum absolute atomic E-state index is 0.113. The van der Waals surface area contributed by atoms with Crippen molar-refractivity contribution >= 4 is 11.6 Å². The Morgan fingerprint density at radius 1 is 1.19 bits per heavy atom. The smallest absolute Gasteiger partial charge is 0.135 e. The monoisotopic (exact) mass is 301 g/mol. The van der Waals surface area contributed by atoms with Crippen LogP contribution in [-0.4, -0.2) is 15.0 Å². The van der Waals surface area contributed by atoms with Crippen LogP contribution in [0.4, 0.5) is 0 Å². The molecule has 0 fully saturated rings. The highest BCUT2D eigenvalue weighted by Crippen LogP contribution is 2.38. The van der Waals surface area contributed by atoms with Crippen molar-refractivity contribution in [1.82, 2.24) is 15.0 Å². The van der Waals surface area contributed by atoms with Gasteiger partial charge < -0.3 is 0 Å². The van der Waals surface area contributed by atoms with E-state index in [-0.39, 0.29) is 11.3 Å². The molecule has 0 aromatic carbocycles. The molecule has 1 unspecified atom stereocenters. The molecule has 3 nitrogen and oxygen atoms in total. The maximum Gasteiger partial charge on any atom is 0.135 e.